The van der Waals surface area contributed by atoms with Gasteiger partial charge in [0.05, 0.1) is 6.67 Å². The van der Waals surface area contributed by atoms with Crippen molar-refractivity contribution < 1.29 is 0 Å². The number of nitrogens with one attached hydrogen (secondary N) is 1. The summed E-state index contributed by atoms with van der Waals surface area (Å²) < 4.78 is 0. The number of likely N-dealkylation sites (tertiary alicyclic amines) is 1. The molecule has 0 atom stereocenters. The van der Waals surface area contributed by atoms with Crippen LogP contribution in [0, 0.1) is 0 Å². The van der Waals surface area contributed by atoms with E-state index in [4.69, 9.17) is 0 Å². The lowest BCUT2D eigenvalue weighted by molar-refractivity contribution is 0.175. The zero-order valence-corrected chi connectivity index (χ0v) is 20.9. The van der Waals surface area contributed by atoms with Crippen LogP contribution in [0.4, 0.5) is 11.5 Å². The Kier molecular flexibility index (Phi) is 6.51. The second kappa shape index (κ2) is 9.03. The molecule has 1 aromatic heterocycles. The summed E-state index contributed by atoms with van der Waals surface area (Å²) in [6, 6.07) is 14.1. The van der Waals surface area contributed by atoms with Crippen molar-refractivity contribution in [2.24, 2.45) is 0 Å². The molecule has 1 aromatic carbocycles. The molecule has 0 amide bonds. The number of aromatic nitrogens is 1. The number of benzene rings is 1. The van der Waals surface area contributed by atoms with Gasteiger partial charge in [0.25, 0.3) is 0 Å². The Hall–Kier alpha value is -2.11. The fourth-order valence-electron chi connectivity index (χ4n) is 4.86. The number of piperidine rings is 1. The monoisotopic (exact) mass is 435 g/mol. The highest BCUT2D eigenvalue weighted by Gasteiger charge is 2.37. The average molecular weight is 436 g/mol. The second-order valence-electron chi connectivity index (χ2n) is 11.4. The second-order valence-corrected chi connectivity index (χ2v) is 11.4. The molecule has 0 saturated carbocycles. The molecule has 1 N–H and O–H groups in total. The van der Waals surface area contributed by atoms with E-state index in [9.17, 15) is 0 Å². The van der Waals surface area contributed by atoms with Crippen molar-refractivity contribution in [3.05, 3.63) is 53.7 Å². The Morgan fingerprint density at radius 3 is 2.41 bits per heavy atom. The van der Waals surface area contributed by atoms with Gasteiger partial charge in [0, 0.05) is 36.6 Å². The van der Waals surface area contributed by atoms with Crippen LogP contribution in [0.2, 0.25) is 0 Å². The molecule has 3 heterocycles. The van der Waals surface area contributed by atoms with Crippen LogP contribution in [0.3, 0.4) is 0 Å². The molecule has 0 bridgehead atoms. The summed E-state index contributed by atoms with van der Waals surface area (Å²) in [5, 5.41) is 3.67. The molecule has 32 heavy (non-hydrogen) atoms. The van der Waals surface area contributed by atoms with E-state index in [1.807, 2.05) is 6.20 Å². The predicted molar refractivity (Wildman–Crippen MR) is 135 cm³/mol. The van der Waals surface area contributed by atoms with Crippen LogP contribution in [-0.2, 0) is 12.0 Å². The molecule has 0 spiro atoms. The zero-order valence-electron chi connectivity index (χ0n) is 20.9. The minimum atomic E-state index is 0.119. The van der Waals surface area contributed by atoms with Crippen LogP contribution in [0.5, 0.6) is 0 Å². The van der Waals surface area contributed by atoms with Crippen LogP contribution in [-0.4, -0.2) is 59.7 Å². The summed E-state index contributed by atoms with van der Waals surface area (Å²) in [5.74, 6) is 1.02. The summed E-state index contributed by atoms with van der Waals surface area (Å²) in [6.45, 7) is 16.8. The molecule has 2 aromatic rings. The topological polar surface area (TPSA) is 34.6 Å². The van der Waals surface area contributed by atoms with E-state index < -0.39 is 0 Å². The van der Waals surface area contributed by atoms with Gasteiger partial charge in [-0.1, -0.05) is 32.9 Å². The summed E-state index contributed by atoms with van der Waals surface area (Å²) in [5.41, 5.74) is 4.34. The van der Waals surface area contributed by atoms with E-state index in [-0.39, 0.29) is 11.0 Å². The number of rotatable bonds is 5. The molecule has 174 valence electrons. The lowest BCUT2D eigenvalue weighted by atomic mass is 9.87. The number of anilines is 2. The first-order valence-corrected chi connectivity index (χ1v) is 12.1. The molecule has 0 radical (unpaired) electrons. The number of nitrogens with zero attached hydrogens (tertiary/aromatic N) is 4. The van der Waals surface area contributed by atoms with Gasteiger partial charge in [-0.25, -0.2) is 4.98 Å². The Bertz CT molecular complexity index is 891. The van der Waals surface area contributed by atoms with Crippen molar-refractivity contribution >= 4 is 11.5 Å². The fraction of sp³-hybridized carbons (Fsp3) is 0.593. The van der Waals surface area contributed by atoms with Gasteiger partial charge in [0.1, 0.15) is 5.82 Å². The first-order chi connectivity index (χ1) is 15.1. The summed E-state index contributed by atoms with van der Waals surface area (Å²) >= 11 is 0. The van der Waals surface area contributed by atoms with Gasteiger partial charge < -0.3 is 15.1 Å². The van der Waals surface area contributed by atoms with Gasteiger partial charge in [-0.05, 0) is 87.6 Å². The highest BCUT2D eigenvalue weighted by atomic mass is 15.4. The maximum absolute atomic E-state index is 4.60. The lowest BCUT2D eigenvalue weighted by Gasteiger charge is -2.31. The van der Waals surface area contributed by atoms with E-state index in [1.54, 1.807) is 0 Å². The van der Waals surface area contributed by atoms with E-state index in [1.165, 1.54) is 29.7 Å². The van der Waals surface area contributed by atoms with Crippen molar-refractivity contribution in [1.29, 1.82) is 0 Å². The van der Waals surface area contributed by atoms with E-state index in [0.29, 0.717) is 6.04 Å². The molecule has 2 fully saturated rings. The third-order valence-electron chi connectivity index (χ3n) is 7.14. The van der Waals surface area contributed by atoms with Gasteiger partial charge in [0.15, 0.2) is 0 Å². The van der Waals surface area contributed by atoms with Crippen molar-refractivity contribution in [3.8, 4) is 0 Å². The normalized spacial score (nSPS) is 20.6. The minimum absolute atomic E-state index is 0.119. The molecular weight excluding hydrogens is 394 g/mol. The molecule has 2 aliphatic rings. The molecule has 2 saturated heterocycles. The fourth-order valence-corrected chi connectivity index (χ4v) is 4.86. The Morgan fingerprint density at radius 1 is 1.06 bits per heavy atom. The van der Waals surface area contributed by atoms with E-state index >= 15 is 0 Å². The Balaban J connectivity index is 1.41. The minimum Gasteiger partial charge on any atom is -0.367 e. The Labute approximate surface area is 194 Å². The molecule has 4 rings (SSSR count). The van der Waals surface area contributed by atoms with Crippen LogP contribution in [0.25, 0.3) is 0 Å². The molecule has 2 aliphatic heterocycles. The third-order valence-corrected chi connectivity index (χ3v) is 7.14. The summed E-state index contributed by atoms with van der Waals surface area (Å²) in [4.78, 5) is 12.1. The molecular formula is C27H41N5. The zero-order chi connectivity index (χ0) is 22.9. The van der Waals surface area contributed by atoms with E-state index in [0.717, 1.165) is 38.7 Å². The summed E-state index contributed by atoms with van der Waals surface area (Å²) in [7, 11) is 2.20. The predicted octanol–water partition coefficient (Wildman–Crippen LogP) is 4.94. The number of hydrogen-bond donors (Lipinski definition) is 1. The van der Waals surface area contributed by atoms with Gasteiger partial charge in [-0.15, -0.1) is 0 Å². The van der Waals surface area contributed by atoms with Crippen LogP contribution >= 0.6 is 0 Å². The largest absolute Gasteiger partial charge is 0.367 e. The third kappa shape index (κ3) is 5.44. The first-order valence-electron chi connectivity index (χ1n) is 12.1. The van der Waals surface area contributed by atoms with Gasteiger partial charge in [-0.2, -0.15) is 0 Å². The number of hydrogen-bond acceptors (Lipinski definition) is 5. The van der Waals surface area contributed by atoms with Crippen molar-refractivity contribution in [2.45, 2.75) is 71.0 Å². The standard InChI is InChI=1S/C27H41N5/c1-26(2,3)22-7-9-24(10-8-22)31-19-27(4,5)32(20-31)18-21-11-14-28-25(17-21)29-23-12-15-30(6)16-13-23/h7-11,14,17,23H,12-13,15-16,18-20H2,1-6H3,(H,28,29). The smallest absolute Gasteiger partial charge is 0.126 e. The maximum Gasteiger partial charge on any atom is 0.126 e. The van der Waals surface area contributed by atoms with E-state index in [2.05, 4.69) is 103 Å². The molecule has 0 unspecified atom stereocenters. The average Bonchev–Trinajstić information content (AvgIpc) is 3.04. The lowest BCUT2D eigenvalue weighted by Crippen LogP contribution is -2.39. The number of pyridine rings is 1. The SMILES string of the molecule is CN1CCC(Nc2cc(CN3CN(c4ccc(C(C)(C)C)cc4)CC3(C)C)ccn2)CC1. The van der Waals surface area contributed by atoms with Gasteiger partial charge >= 0.3 is 0 Å². The van der Waals surface area contributed by atoms with Crippen LogP contribution < -0.4 is 10.2 Å². The van der Waals surface area contributed by atoms with Crippen LogP contribution in [0.1, 0.15) is 58.6 Å². The Morgan fingerprint density at radius 2 is 1.75 bits per heavy atom. The highest BCUT2D eigenvalue weighted by molar-refractivity contribution is 5.50. The highest BCUT2D eigenvalue weighted by Crippen LogP contribution is 2.32. The quantitative estimate of drug-likeness (QED) is 0.719. The van der Waals surface area contributed by atoms with Crippen molar-refractivity contribution in [1.82, 2.24) is 14.8 Å². The van der Waals surface area contributed by atoms with Crippen molar-refractivity contribution in [2.75, 3.05) is 43.6 Å². The molecule has 0 aliphatic carbocycles. The maximum atomic E-state index is 4.60. The van der Waals surface area contributed by atoms with Crippen LogP contribution in [0.15, 0.2) is 42.6 Å². The van der Waals surface area contributed by atoms with Crippen molar-refractivity contribution in [3.63, 3.8) is 0 Å². The summed E-state index contributed by atoms with van der Waals surface area (Å²) in [6.07, 6.45) is 4.33. The van der Waals surface area contributed by atoms with Gasteiger partial charge in [-0.3, -0.25) is 4.90 Å². The van der Waals surface area contributed by atoms with Gasteiger partial charge in [0.2, 0.25) is 0 Å². The molecule has 5 nitrogen and oxygen atoms in total. The molecule has 5 heteroatoms. The first kappa shape index (κ1) is 23.1.